The largest absolute Gasteiger partial charge is 0.470 e. The number of thiazole rings is 1. The maximum absolute atomic E-state index is 9.43. The predicted molar refractivity (Wildman–Crippen MR) is 102 cm³/mol. The number of aryl methyl sites for hydroxylation is 1. The van der Waals surface area contributed by atoms with Crippen molar-refractivity contribution in [1.82, 2.24) is 9.97 Å². The van der Waals surface area contributed by atoms with E-state index in [1.54, 1.807) is 6.07 Å². The molecule has 3 aromatic rings. The van der Waals surface area contributed by atoms with Crippen molar-refractivity contribution < 1.29 is 9.63 Å². The molecule has 120 valence electrons. The Bertz CT molecular complexity index is 870. The van der Waals surface area contributed by atoms with Crippen molar-refractivity contribution >= 4 is 50.6 Å². The molecule has 2 unspecified atom stereocenters. The second-order valence-electron chi connectivity index (χ2n) is 5.03. The van der Waals surface area contributed by atoms with E-state index in [0.29, 0.717) is 16.1 Å². The summed E-state index contributed by atoms with van der Waals surface area (Å²) in [4.78, 5) is 9.15. The average molecular weight is 385 g/mol. The van der Waals surface area contributed by atoms with Crippen molar-refractivity contribution in [2.75, 3.05) is 6.66 Å². The van der Waals surface area contributed by atoms with Gasteiger partial charge in [0.25, 0.3) is 0 Å². The standard InChI is InChI=1S/C15H15ClN2O2P2S/c1-8-7-23-15(17-8)11-5-12(20-22(2)21)10-4-3-9(6-19)13(16)14(10)18-11/h3-5,7,19H,6,21H2,1-2H3. The fraction of sp³-hybridized carbons (Fsp3) is 0.200. The summed E-state index contributed by atoms with van der Waals surface area (Å²) in [6.07, 6.45) is 0. The van der Waals surface area contributed by atoms with E-state index in [2.05, 4.69) is 18.9 Å². The van der Waals surface area contributed by atoms with Gasteiger partial charge in [-0.15, -0.1) is 11.3 Å². The SMILES string of the molecule is Cc1csc(-c2cc(OP(C)P)c3ccc(CO)c(Cl)c3n2)n1. The summed E-state index contributed by atoms with van der Waals surface area (Å²) in [5.74, 6) is 0.729. The fourth-order valence-corrected chi connectivity index (χ4v) is 4.03. The van der Waals surface area contributed by atoms with Crippen molar-refractivity contribution in [3.63, 3.8) is 0 Å². The van der Waals surface area contributed by atoms with Crippen LogP contribution in [0.5, 0.6) is 5.75 Å². The number of rotatable bonds is 4. The van der Waals surface area contributed by atoms with Gasteiger partial charge in [-0.1, -0.05) is 26.6 Å². The van der Waals surface area contributed by atoms with Crippen LogP contribution < -0.4 is 4.52 Å². The summed E-state index contributed by atoms with van der Waals surface area (Å²) < 4.78 is 5.97. The van der Waals surface area contributed by atoms with Gasteiger partial charge in [0.2, 0.25) is 0 Å². The van der Waals surface area contributed by atoms with E-state index in [1.165, 1.54) is 11.3 Å². The van der Waals surface area contributed by atoms with Gasteiger partial charge in [-0.2, -0.15) is 0 Å². The van der Waals surface area contributed by atoms with Gasteiger partial charge in [0.05, 0.1) is 17.1 Å². The molecule has 0 aliphatic rings. The minimum atomic E-state index is -0.668. The number of hydrogen-bond acceptors (Lipinski definition) is 5. The minimum Gasteiger partial charge on any atom is -0.470 e. The Morgan fingerprint density at radius 2 is 2.17 bits per heavy atom. The third kappa shape index (κ3) is 3.50. The highest BCUT2D eigenvalue weighted by molar-refractivity contribution is 8.10. The van der Waals surface area contributed by atoms with Gasteiger partial charge in [0.15, 0.2) is 0 Å². The molecule has 0 aliphatic heterocycles. The Hall–Kier alpha value is -0.830. The zero-order valence-corrected chi connectivity index (χ0v) is 16.2. The molecular weight excluding hydrogens is 370 g/mol. The first-order valence-corrected chi connectivity index (χ1v) is 11.4. The highest BCUT2D eigenvalue weighted by Gasteiger charge is 2.16. The van der Waals surface area contributed by atoms with E-state index in [4.69, 9.17) is 16.1 Å². The lowest BCUT2D eigenvalue weighted by Gasteiger charge is -2.14. The molecule has 2 aromatic heterocycles. The molecular formula is C15H15ClN2O2P2S. The average Bonchev–Trinajstić information content (AvgIpc) is 2.94. The Kier molecular flexibility index (Phi) is 5.15. The van der Waals surface area contributed by atoms with Crippen LogP contribution in [0.25, 0.3) is 21.6 Å². The number of hydrogen-bond donors (Lipinski definition) is 1. The van der Waals surface area contributed by atoms with Gasteiger partial charge in [0.1, 0.15) is 24.3 Å². The van der Waals surface area contributed by atoms with Gasteiger partial charge >= 0.3 is 0 Å². The highest BCUT2D eigenvalue weighted by atomic mass is 35.5. The molecule has 1 N–H and O–H groups in total. The summed E-state index contributed by atoms with van der Waals surface area (Å²) in [7, 11) is 2.01. The molecule has 0 spiro atoms. The molecule has 1 aromatic carbocycles. The van der Waals surface area contributed by atoms with E-state index in [9.17, 15) is 5.11 Å². The molecule has 0 saturated carbocycles. The first-order chi connectivity index (χ1) is 11.0. The molecule has 2 heterocycles. The Labute approximate surface area is 146 Å². The summed E-state index contributed by atoms with van der Waals surface area (Å²) in [5.41, 5.74) is 2.95. The fourth-order valence-electron chi connectivity index (χ4n) is 2.20. The molecule has 0 radical (unpaired) electrons. The maximum atomic E-state index is 9.43. The van der Waals surface area contributed by atoms with Crippen LogP contribution in [0.2, 0.25) is 5.02 Å². The van der Waals surface area contributed by atoms with Crippen molar-refractivity contribution in [1.29, 1.82) is 0 Å². The number of aliphatic hydroxyl groups is 1. The van der Waals surface area contributed by atoms with Gasteiger partial charge < -0.3 is 9.63 Å². The normalized spacial score (nSPS) is 12.6. The Morgan fingerprint density at radius 3 is 2.78 bits per heavy atom. The van der Waals surface area contributed by atoms with E-state index in [1.807, 2.05) is 31.1 Å². The zero-order chi connectivity index (χ0) is 16.6. The van der Waals surface area contributed by atoms with E-state index < -0.39 is 7.84 Å². The molecule has 3 rings (SSSR count). The molecule has 0 bridgehead atoms. The van der Waals surface area contributed by atoms with Gasteiger partial charge in [0, 0.05) is 22.5 Å². The van der Waals surface area contributed by atoms with Gasteiger partial charge in [-0.3, -0.25) is 0 Å². The van der Waals surface area contributed by atoms with E-state index in [-0.39, 0.29) is 6.61 Å². The third-order valence-electron chi connectivity index (χ3n) is 3.21. The van der Waals surface area contributed by atoms with Crippen molar-refractivity contribution in [3.05, 3.63) is 39.9 Å². The number of benzene rings is 1. The maximum Gasteiger partial charge on any atom is 0.142 e. The van der Waals surface area contributed by atoms with Crippen LogP contribution in [-0.4, -0.2) is 21.7 Å². The second kappa shape index (κ2) is 6.96. The molecule has 8 heteroatoms. The van der Waals surface area contributed by atoms with Crippen molar-refractivity contribution in [2.24, 2.45) is 0 Å². The summed E-state index contributed by atoms with van der Waals surface area (Å²) in [5, 5.41) is 13.5. The van der Waals surface area contributed by atoms with Crippen LogP contribution in [-0.2, 0) is 6.61 Å². The molecule has 4 nitrogen and oxygen atoms in total. The number of aliphatic hydroxyl groups excluding tert-OH is 1. The molecule has 0 amide bonds. The lowest BCUT2D eigenvalue weighted by atomic mass is 10.1. The second-order valence-corrected chi connectivity index (χ2v) is 9.72. The van der Waals surface area contributed by atoms with Crippen LogP contribution in [0.3, 0.4) is 0 Å². The highest BCUT2D eigenvalue weighted by Crippen LogP contribution is 2.45. The van der Waals surface area contributed by atoms with Gasteiger partial charge in [-0.05, 0) is 25.2 Å². The topological polar surface area (TPSA) is 55.2 Å². The van der Waals surface area contributed by atoms with Crippen LogP contribution >= 0.6 is 39.7 Å². The Morgan fingerprint density at radius 1 is 1.39 bits per heavy atom. The van der Waals surface area contributed by atoms with Crippen LogP contribution in [0, 0.1) is 6.92 Å². The third-order valence-corrected chi connectivity index (χ3v) is 5.42. The molecule has 0 aliphatic carbocycles. The molecule has 0 fully saturated rings. The summed E-state index contributed by atoms with van der Waals surface area (Å²) in [6, 6.07) is 5.58. The zero-order valence-electron chi connectivity index (χ0n) is 12.6. The first-order valence-electron chi connectivity index (χ1n) is 6.81. The number of fused-ring (bicyclic) bond motifs is 1. The van der Waals surface area contributed by atoms with Gasteiger partial charge in [-0.25, -0.2) is 9.97 Å². The number of nitrogens with zero attached hydrogens (tertiary/aromatic N) is 2. The predicted octanol–water partition coefficient (Wildman–Crippen LogP) is 5.01. The number of aromatic nitrogens is 2. The van der Waals surface area contributed by atoms with Crippen LogP contribution in [0.15, 0.2) is 23.6 Å². The van der Waals surface area contributed by atoms with E-state index in [0.717, 1.165) is 27.5 Å². The number of pyridine rings is 1. The monoisotopic (exact) mass is 384 g/mol. The quantitative estimate of drug-likeness (QED) is 0.642. The first kappa shape index (κ1) is 17.0. The lowest BCUT2D eigenvalue weighted by molar-refractivity contribution is 0.282. The molecule has 2 atom stereocenters. The molecule has 0 saturated heterocycles. The van der Waals surface area contributed by atoms with Crippen molar-refractivity contribution in [2.45, 2.75) is 13.5 Å². The smallest absolute Gasteiger partial charge is 0.142 e. The van der Waals surface area contributed by atoms with Crippen LogP contribution in [0.4, 0.5) is 0 Å². The summed E-state index contributed by atoms with van der Waals surface area (Å²) in [6.45, 7) is 3.82. The Balaban J connectivity index is 2.27. The lowest BCUT2D eigenvalue weighted by Crippen LogP contribution is -1.94. The molecule has 23 heavy (non-hydrogen) atoms. The summed E-state index contributed by atoms with van der Waals surface area (Å²) >= 11 is 7.95. The number of halogens is 1. The minimum absolute atomic E-state index is 0.128. The van der Waals surface area contributed by atoms with E-state index >= 15 is 0 Å². The van der Waals surface area contributed by atoms with Crippen LogP contribution in [0.1, 0.15) is 11.3 Å². The van der Waals surface area contributed by atoms with Crippen molar-refractivity contribution in [3.8, 4) is 16.5 Å².